The highest BCUT2D eigenvalue weighted by atomic mass is 32.2. The van der Waals surface area contributed by atoms with Crippen LogP contribution >= 0.6 is 11.8 Å². The van der Waals surface area contributed by atoms with Crippen LogP contribution in [-0.2, 0) is 10.5 Å². The highest BCUT2D eigenvalue weighted by Gasteiger charge is 2.49. The van der Waals surface area contributed by atoms with Crippen molar-refractivity contribution in [2.75, 3.05) is 12.8 Å². The molecule has 0 radical (unpaired) electrons. The van der Waals surface area contributed by atoms with Gasteiger partial charge in [-0.2, -0.15) is 11.8 Å². The summed E-state index contributed by atoms with van der Waals surface area (Å²) in [6.07, 6.45) is 2.05. The maximum absolute atomic E-state index is 11.6. The number of thioether (sulfide) groups is 1. The SMILES string of the molecule is CNC(CSCc1ccccc1C)(C(=O)O)C1CC1. The number of rotatable bonds is 7. The van der Waals surface area contributed by atoms with Gasteiger partial charge in [0.2, 0.25) is 0 Å². The van der Waals surface area contributed by atoms with Gasteiger partial charge < -0.3 is 10.4 Å². The van der Waals surface area contributed by atoms with Crippen LogP contribution in [0.1, 0.15) is 24.0 Å². The topological polar surface area (TPSA) is 49.3 Å². The molecule has 3 nitrogen and oxygen atoms in total. The zero-order valence-electron chi connectivity index (χ0n) is 11.5. The van der Waals surface area contributed by atoms with Gasteiger partial charge >= 0.3 is 5.97 Å². The number of carbonyl (C=O) groups is 1. The minimum absolute atomic E-state index is 0.291. The molecule has 0 bridgehead atoms. The van der Waals surface area contributed by atoms with Crippen molar-refractivity contribution in [2.45, 2.75) is 31.1 Å². The van der Waals surface area contributed by atoms with Crippen molar-refractivity contribution < 1.29 is 9.90 Å². The minimum atomic E-state index is -0.743. The maximum Gasteiger partial charge on any atom is 0.325 e. The summed E-state index contributed by atoms with van der Waals surface area (Å²) in [5, 5.41) is 12.6. The molecule has 2 N–H and O–H groups in total. The van der Waals surface area contributed by atoms with Gasteiger partial charge in [-0.05, 0) is 43.9 Å². The smallest absolute Gasteiger partial charge is 0.325 e. The standard InChI is InChI=1S/C15H21NO2S/c1-11-5-3-4-6-12(11)9-19-10-15(16-2,14(17)18)13-7-8-13/h3-6,13,16H,7-10H2,1-2H3,(H,17,18). The Morgan fingerprint density at radius 1 is 1.47 bits per heavy atom. The third kappa shape index (κ3) is 3.12. The second-order valence-corrected chi connectivity index (χ2v) is 6.21. The summed E-state index contributed by atoms with van der Waals surface area (Å²) >= 11 is 1.71. The molecular weight excluding hydrogens is 258 g/mol. The molecule has 1 atom stereocenters. The van der Waals surface area contributed by atoms with E-state index in [1.54, 1.807) is 18.8 Å². The quantitative estimate of drug-likeness (QED) is 0.805. The Kier molecular flexibility index (Phi) is 4.53. The third-order valence-electron chi connectivity index (χ3n) is 3.95. The number of aliphatic carboxylic acids is 1. The zero-order valence-corrected chi connectivity index (χ0v) is 12.3. The molecule has 104 valence electrons. The van der Waals surface area contributed by atoms with Crippen LogP contribution in [0, 0.1) is 12.8 Å². The van der Waals surface area contributed by atoms with E-state index in [0.717, 1.165) is 18.6 Å². The van der Waals surface area contributed by atoms with Crippen LogP contribution in [0.3, 0.4) is 0 Å². The van der Waals surface area contributed by atoms with Crippen molar-refractivity contribution in [3.63, 3.8) is 0 Å². The lowest BCUT2D eigenvalue weighted by Gasteiger charge is -2.28. The molecular formula is C15H21NO2S. The lowest BCUT2D eigenvalue weighted by Crippen LogP contribution is -2.54. The summed E-state index contributed by atoms with van der Waals surface area (Å²) in [7, 11) is 1.76. The fourth-order valence-electron chi connectivity index (χ4n) is 2.41. The second kappa shape index (κ2) is 5.97. The largest absolute Gasteiger partial charge is 0.480 e. The summed E-state index contributed by atoms with van der Waals surface area (Å²) in [6, 6.07) is 8.27. The predicted octanol–water partition coefficient (Wildman–Crippen LogP) is 2.68. The first kappa shape index (κ1) is 14.4. The van der Waals surface area contributed by atoms with Crippen molar-refractivity contribution in [1.82, 2.24) is 5.32 Å². The molecule has 0 heterocycles. The summed E-state index contributed by atoms with van der Waals surface area (Å²) in [4.78, 5) is 11.6. The molecule has 0 saturated heterocycles. The van der Waals surface area contributed by atoms with E-state index < -0.39 is 11.5 Å². The first-order valence-corrected chi connectivity index (χ1v) is 7.80. The van der Waals surface area contributed by atoms with Gasteiger partial charge in [-0.25, -0.2) is 0 Å². The van der Waals surface area contributed by atoms with Crippen molar-refractivity contribution in [3.05, 3.63) is 35.4 Å². The van der Waals surface area contributed by atoms with Gasteiger partial charge in [0.15, 0.2) is 0 Å². The molecule has 19 heavy (non-hydrogen) atoms. The number of hydrogen-bond acceptors (Lipinski definition) is 3. The van der Waals surface area contributed by atoms with E-state index in [4.69, 9.17) is 0 Å². The zero-order chi connectivity index (χ0) is 13.9. The van der Waals surface area contributed by atoms with E-state index >= 15 is 0 Å². The van der Waals surface area contributed by atoms with E-state index in [1.807, 2.05) is 12.1 Å². The Hall–Kier alpha value is -1.00. The summed E-state index contributed by atoms with van der Waals surface area (Å²) in [6.45, 7) is 2.10. The van der Waals surface area contributed by atoms with Crippen LogP contribution in [0.15, 0.2) is 24.3 Å². The summed E-state index contributed by atoms with van der Waals surface area (Å²) < 4.78 is 0. The van der Waals surface area contributed by atoms with Crippen molar-refractivity contribution in [1.29, 1.82) is 0 Å². The number of carboxylic acids is 1. The lowest BCUT2D eigenvalue weighted by molar-refractivity contribution is -0.144. The molecule has 1 saturated carbocycles. The Morgan fingerprint density at radius 2 is 2.16 bits per heavy atom. The number of nitrogens with one attached hydrogen (secondary N) is 1. The Balaban J connectivity index is 1.97. The predicted molar refractivity (Wildman–Crippen MR) is 79.5 cm³/mol. The Bertz CT molecular complexity index is 459. The highest BCUT2D eigenvalue weighted by Crippen LogP contribution is 2.41. The summed E-state index contributed by atoms with van der Waals surface area (Å²) in [5.74, 6) is 1.07. The molecule has 1 aliphatic rings. The molecule has 0 spiro atoms. The van der Waals surface area contributed by atoms with Crippen molar-refractivity contribution in [2.24, 2.45) is 5.92 Å². The second-order valence-electron chi connectivity index (χ2n) is 5.22. The average molecular weight is 279 g/mol. The van der Waals surface area contributed by atoms with Gasteiger partial charge in [0.05, 0.1) is 0 Å². The molecule has 1 aromatic carbocycles. The van der Waals surface area contributed by atoms with Crippen LogP contribution < -0.4 is 5.32 Å². The van der Waals surface area contributed by atoms with E-state index in [-0.39, 0.29) is 0 Å². The van der Waals surface area contributed by atoms with Crippen LogP contribution in [0.25, 0.3) is 0 Å². The molecule has 2 rings (SSSR count). The van der Waals surface area contributed by atoms with Gasteiger partial charge in [-0.1, -0.05) is 24.3 Å². The fraction of sp³-hybridized carbons (Fsp3) is 0.533. The van der Waals surface area contributed by atoms with Crippen LogP contribution in [0.2, 0.25) is 0 Å². The number of aryl methyl sites for hydroxylation is 1. The van der Waals surface area contributed by atoms with E-state index in [1.165, 1.54) is 11.1 Å². The molecule has 0 amide bonds. The molecule has 4 heteroatoms. The summed E-state index contributed by atoms with van der Waals surface area (Å²) in [5.41, 5.74) is 1.82. The van der Waals surface area contributed by atoms with Crippen molar-refractivity contribution >= 4 is 17.7 Å². The van der Waals surface area contributed by atoms with Crippen LogP contribution in [0.4, 0.5) is 0 Å². The van der Waals surface area contributed by atoms with Crippen LogP contribution in [-0.4, -0.2) is 29.4 Å². The fourth-order valence-corrected chi connectivity index (χ4v) is 3.88. The molecule has 1 fully saturated rings. The van der Waals surface area contributed by atoms with Gasteiger partial charge in [0.1, 0.15) is 5.54 Å². The third-order valence-corrected chi connectivity index (χ3v) is 5.13. The molecule has 1 aliphatic carbocycles. The Morgan fingerprint density at radius 3 is 2.68 bits per heavy atom. The number of carboxylic acid groups (broad SMARTS) is 1. The Labute approximate surface area is 118 Å². The molecule has 1 unspecified atom stereocenters. The monoisotopic (exact) mass is 279 g/mol. The van der Waals surface area contributed by atoms with Crippen LogP contribution in [0.5, 0.6) is 0 Å². The number of likely N-dealkylation sites (N-methyl/N-ethyl adjacent to an activating group) is 1. The first-order chi connectivity index (χ1) is 9.10. The van der Waals surface area contributed by atoms with Gasteiger partial charge in [0.25, 0.3) is 0 Å². The maximum atomic E-state index is 11.6. The van der Waals surface area contributed by atoms with Crippen molar-refractivity contribution in [3.8, 4) is 0 Å². The van der Waals surface area contributed by atoms with Gasteiger partial charge in [-0.3, -0.25) is 4.79 Å². The first-order valence-electron chi connectivity index (χ1n) is 6.64. The average Bonchev–Trinajstić information content (AvgIpc) is 3.21. The number of hydrogen-bond donors (Lipinski definition) is 2. The molecule has 0 aromatic heterocycles. The van der Waals surface area contributed by atoms with Gasteiger partial charge in [-0.15, -0.1) is 0 Å². The molecule has 1 aromatic rings. The minimum Gasteiger partial charge on any atom is -0.480 e. The molecule has 0 aliphatic heterocycles. The highest BCUT2D eigenvalue weighted by molar-refractivity contribution is 7.98. The van der Waals surface area contributed by atoms with Gasteiger partial charge in [0, 0.05) is 11.5 Å². The van der Waals surface area contributed by atoms with E-state index in [2.05, 4.69) is 24.4 Å². The number of benzene rings is 1. The van der Waals surface area contributed by atoms with E-state index in [9.17, 15) is 9.90 Å². The normalized spacial score (nSPS) is 18.0. The van der Waals surface area contributed by atoms with E-state index in [0.29, 0.717) is 11.7 Å². The lowest BCUT2D eigenvalue weighted by atomic mass is 9.96.